The van der Waals surface area contributed by atoms with Gasteiger partial charge in [-0.2, -0.15) is 8.42 Å². The van der Waals surface area contributed by atoms with E-state index in [1.54, 1.807) is 6.08 Å². The van der Waals surface area contributed by atoms with Gasteiger partial charge in [-0.1, -0.05) is 6.08 Å². The quantitative estimate of drug-likeness (QED) is 0.654. The van der Waals surface area contributed by atoms with Gasteiger partial charge in [0.15, 0.2) is 5.78 Å². The first-order valence-corrected chi connectivity index (χ1v) is 5.24. The van der Waals surface area contributed by atoms with Crippen molar-refractivity contribution < 1.29 is 17.8 Å². The Labute approximate surface area is 71.0 Å². The molecule has 0 heterocycles. The molecule has 0 aromatic carbocycles. The Balaban J connectivity index is 2.36. The van der Waals surface area contributed by atoms with Gasteiger partial charge < -0.3 is 0 Å². The van der Waals surface area contributed by atoms with E-state index in [0.717, 1.165) is 0 Å². The van der Waals surface area contributed by atoms with Crippen molar-refractivity contribution in [2.45, 2.75) is 12.8 Å². The Morgan fingerprint density at radius 1 is 1.58 bits per heavy atom. The third-order valence-electron chi connectivity index (χ3n) is 1.76. The summed E-state index contributed by atoms with van der Waals surface area (Å²) in [5.74, 6) is -0.260. The van der Waals surface area contributed by atoms with Crippen LogP contribution < -0.4 is 0 Å². The lowest BCUT2D eigenvalue weighted by molar-refractivity contribution is -0.114. The maximum absolute atomic E-state index is 10.7. The van der Waals surface area contributed by atoms with Crippen LogP contribution in [0.5, 0.6) is 0 Å². The van der Waals surface area contributed by atoms with E-state index in [9.17, 15) is 13.2 Å². The number of allylic oxidation sites excluding steroid dienone is 2. The summed E-state index contributed by atoms with van der Waals surface area (Å²) < 4.78 is 29.0. The number of carbonyl (C=O) groups is 1. The molecule has 12 heavy (non-hydrogen) atoms. The summed E-state index contributed by atoms with van der Waals surface area (Å²) in [6.07, 6.45) is 3.83. The molecule has 0 spiro atoms. The topological polar surface area (TPSA) is 71.4 Å². The minimum absolute atomic E-state index is 0.0144. The predicted octanol–water partition coefficient (Wildman–Crippen LogP) is 0.410. The monoisotopic (exact) mass is 190 g/mol. The van der Waals surface area contributed by atoms with Crippen molar-refractivity contribution in [2.75, 3.05) is 5.75 Å². The summed E-state index contributed by atoms with van der Waals surface area (Å²) in [6.45, 7) is 0. The second kappa shape index (κ2) is 3.37. The van der Waals surface area contributed by atoms with Crippen molar-refractivity contribution in [1.82, 2.24) is 0 Å². The van der Waals surface area contributed by atoms with Crippen molar-refractivity contribution in [2.24, 2.45) is 5.92 Å². The SMILES string of the molecule is O=C1C=CC(CCS(=O)(=O)O)C1. The van der Waals surface area contributed by atoms with Crippen LogP contribution in [0.3, 0.4) is 0 Å². The highest BCUT2D eigenvalue weighted by Gasteiger charge is 2.17. The Kier molecular flexibility index (Phi) is 2.64. The molecular weight excluding hydrogens is 180 g/mol. The normalized spacial score (nSPS) is 23.4. The maximum atomic E-state index is 10.7. The molecule has 0 aliphatic heterocycles. The average Bonchev–Trinajstić information content (AvgIpc) is 2.30. The van der Waals surface area contributed by atoms with Gasteiger partial charge >= 0.3 is 0 Å². The lowest BCUT2D eigenvalue weighted by Crippen LogP contribution is -2.08. The molecule has 0 radical (unpaired) electrons. The summed E-state index contributed by atoms with van der Waals surface area (Å²) in [5.41, 5.74) is 0. The van der Waals surface area contributed by atoms with Gasteiger partial charge in [-0.15, -0.1) is 0 Å². The second-order valence-corrected chi connectivity index (χ2v) is 4.44. The van der Waals surface area contributed by atoms with Crippen LogP contribution in [0.25, 0.3) is 0 Å². The summed E-state index contributed by atoms with van der Waals surface area (Å²) in [4.78, 5) is 10.7. The van der Waals surface area contributed by atoms with E-state index in [1.807, 2.05) is 0 Å². The standard InChI is InChI=1S/C7H10O4S/c8-7-2-1-6(5-7)3-4-12(9,10)11/h1-2,6H,3-5H2,(H,9,10,11). The second-order valence-electron chi connectivity index (χ2n) is 2.86. The van der Waals surface area contributed by atoms with Gasteiger partial charge in [-0.3, -0.25) is 9.35 Å². The summed E-state index contributed by atoms with van der Waals surface area (Å²) in [7, 11) is -3.87. The molecule has 0 bridgehead atoms. The molecular formula is C7H10O4S. The first kappa shape index (κ1) is 9.41. The van der Waals surface area contributed by atoms with Gasteiger partial charge in [0.2, 0.25) is 0 Å². The van der Waals surface area contributed by atoms with Gasteiger partial charge in [-0.05, 0) is 18.4 Å². The molecule has 1 unspecified atom stereocenters. The van der Waals surface area contributed by atoms with Crippen molar-refractivity contribution in [3.63, 3.8) is 0 Å². The Bertz CT molecular complexity index is 301. The smallest absolute Gasteiger partial charge is 0.264 e. The fraction of sp³-hybridized carbons (Fsp3) is 0.571. The Morgan fingerprint density at radius 2 is 2.25 bits per heavy atom. The van der Waals surface area contributed by atoms with Crippen molar-refractivity contribution >= 4 is 15.9 Å². The minimum Gasteiger partial charge on any atom is -0.295 e. The van der Waals surface area contributed by atoms with Crippen molar-refractivity contribution in [3.8, 4) is 0 Å². The third-order valence-corrected chi connectivity index (χ3v) is 2.52. The van der Waals surface area contributed by atoms with E-state index in [1.165, 1.54) is 6.08 Å². The highest BCUT2D eigenvalue weighted by atomic mass is 32.2. The van der Waals surface area contributed by atoms with Crippen LogP contribution >= 0.6 is 0 Å². The van der Waals surface area contributed by atoms with E-state index in [-0.39, 0.29) is 17.5 Å². The number of carbonyl (C=O) groups excluding carboxylic acids is 1. The molecule has 0 fully saturated rings. The fourth-order valence-electron chi connectivity index (χ4n) is 1.14. The van der Waals surface area contributed by atoms with Crippen LogP contribution in [0.1, 0.15) is 12.8 Å². The fourth-order valence-corrected chi connectivity index (χ4v) is 1.74. The number of hydrogen-bond acceptors (Lipinski definition) is 3. The van der Waals surface area contributed by atoms with E-state index >= 15 is 0 Å². The molecule has 1 atom stereocenters. The van der Waals surface area contributed by atoms with Gasteiger partial charge in [0, 0.05) is 6.42 Å². The number of ketones is 1. The molecule has 0 saturated heterocycles. The van der Waals surface area contributed by atoms with E-state index in [4.69, 9.17) is 4.55 Å². The van der Waals surface area contributed by atoms with E-state index < -0.39 is 10.1 Å². The van der Waals surface area contributed by atoms with Crippen LogP contribution in [-0.4, -0.2) is 24.5 Å². The van der Waals surface area contributed by atoms with Crippen LogP contribution in [-0.2, 0) is 14.9 Å². The molecule has 0 amide bonds. The highest BCUT2D eigenvalue weighted by Crippen LogP contribution is 2.18. The van der Waals surface area contributed by atoms with Crippen LogP contribution in [0.2, 0.25) is 0 Å². The predicted molar refractivity (Wildman–Crippen MR) is 43.3 cm³/mol. The molecule has 68 valence electrons. The van der Waals surface area contributed by atoms with Crippen LogP contribution in [0.15, 0.2) is 12.2 Å². The minimum atomic E-state index is -3.87. The van der Waals surface area contributed by atoms with E-state index in [0.29, 0.717) is 12.8 Å². The number of hydrogen-bond donors (Lipinski definition) is 1. The molecule has 0 aromatic rings. The molecule has 1 aliphatic rings. The lowest BCUT2D eigenvalue weighted by atomic mass is 10.1. The Hall–Kier alpha value is -0.680. The van der Waals surface area contributed by atoms with Crippen LogP contribution in [0, 0.1) is 5.92 Å². The number of rotatable bonds is 3. The first-order chi connectivity index (χ1) is 5.47. The van der Waals surface area contributed by atoms with Gasteiger partial charge in [-0.25, -0.2) is 0 Å². The molecule has 0 saturated carbocycles. The molecule has 5 heteroatoms. The van der Waals surface area contributed by atoms with Crippen molar-refractivity contribution in [1.29, 1.82) is 0 Å². The summed E-state index contributed by atoms with van der Waals surface area (Å²) in [6, 6.07) is 0. The van der Waals surface area contributed by atoms with Crippen molar-refractivity contribution in [3.05, 3.63) is 12.2 Å². The molecule has 0 aromatic heterocycles. The van der Waals surface area contributed by atoms with Gasteiger partial charge in [0.25, 0.3) is 10.1 Å². The first-order valence-electron chi connectivity index (χ1n) is 3.63. The average molecular weight is 190 g/mol. The van der Waals surface area contributed by atoms with Crippen LogP contribution in [0.4, 0.5) is 0 Å². The summed E-state index contributed by atoms with van der Waals surface area (Å²) >= 11 is 0. The molecule has 1 N–H and O–H groups in total. The lowest BCUT2D eigenvalue weighted by Gasteiger charge is -2.03. The zero-order chi connectivity index (χ0) is 9.19. The zero-order valence-electron chi connectivity index (χ0n) is 6.43. The molecule has 1 aliphatic carbocycles. The van der Waals surface area contributed by atoms with E-state index in [2.05, 4.69) is 0 Å². The zero-order valence-corrected chi connectivity index (χ0v) is 7.25. The summed E-state index contributed by atoms with van der Waals surface area (Å²) in [5, 5.41) is 0. The van der Waals surface area contributed by atoms with Gasteiger partial charge in [0.05, 0.1) is 5.75 Å². The third kappa shape index (κ3) is 3.15. The Morgan fingerprint density at radius 3 is 2.67 bits per heavy atom. The molecule has 4 nitrogen and oxygen atoms in total. The maximum Gasteiger partial charge on any atom is 0.264 e. The largest absolute Gasteiger partial charge is 0.295 e. The van der Waals surface area contributed by atoms with Gasteiger partial charge in [0.1, 0.15) is 0 Å². The highest BCUT2D eigenvalue weighted by molar-refractivity contribution is 7.85. The molecule has 1 rings (SSSR count).